The number of amides is 1. The van der Waals surface area contributed by atoms with Gasteiger partial charge in [-0.05, 0) is 37.1 Å². The minimum absolute atomic E-state index is 0.0744. The van der Waals surface area contributed by atoms with Gasteiger partial charge in [-0.1, -0.05) is 11.6 Å². The number of benzene rings is 1. The van der Waals surface area contributed by atoms with Crippen molar-refractivity contribution in [1.82, 2.24) is 4.90 Å². The first-order valence-corrected chi connectivity index (χ1v) is 6.43. The van der Waals surface area contributed by atoms with Gasteiger partial charge in [0.15, 0.2) is 0 Å². The van der Waals surface area contributed by atoms with Crippen LogP contribution in [0.4, 0.5) is 10.1 Å². The average Bonchev–Trinajstić information content (AvgIpc) is 2.35. The number of alkyl halides is 1. The fourth-order valence-electron chi connectivity index (χ4n) is 2.00. The Balaban J connectivity index is 1.80. The minimum atomic E-state index is -0.708. The molecule has 5 heteroatoms. The van der Waals surface area contributed by atoms with E-state index in [1.807, 2.05) is 4.90 Å². The molecule has 0 bridgehead atoms. The molecule has 0 radical (unpaired) electrons. The molecule has 18 heavy (non-hydrogen) atoms. The van der Waals surface area contributed by atoms with E-state index in [0.717, 1.165) is 5.69 Å². The highest BCUT2D eigenvalue weighted by Crippen LogP contribution is 2.15. The number of hydrogen-bond donors (Lipinski definition) is 1. The van der Waals surface area contributed by atoms with E-state index < -0.39 is 6.17 Å². The van der Waals surface area contributed by atoms with E-state index in [9.17, 15) is 9.18 Å². The van der Waals surface area contributed by atoms with Gasteiger partial charge in [0, 0.05) is 23.8 Å². The highest BCUT2D eigenvalue weighted by molar-refractivity contribution is 6.30. The lowest BCUT2D eigenvalue weighted by molar-refractivity contribution is -0.117. The summed E-state index contributed by atoms with van der Waals surface area (Å²) in [6, 6.07) is 6.97. The van der Waals surface area contributed by atoms with Crippen molar-refractivity contribution in [1.29, 1.82) is 0 Å². The van der Waals surface area contributed by atoms with Crippen LogP contribution in [-0.4, -0.2) is 36.6 Å². The zero-order valence-corrected chi connectivity index (χ0v) is 10.8. The number of halogens is 2. The molecule has 3 nitrogen and oxygen atoms in total. The lowest BCUT2D eigenvalue weighted by Crippen LogP contribution is -2.39. The van der Waals surface area contributed by atoms with Gasteiger partial charge in [0.05, 0.1) is 6.54 Å². The van der Waals surface area contributed by atoms with Crippen LogP contribution in [0.3, 0.4) is 0 Å². The van der Waals surface area contributed by atoms with Crippen LogP contribution in [0.2, 0.25) is 5.02 Å². The number of carbonyl (C=O) groups is 1. The molecule has 0 aliphatic carbocycles. The molecule has 1 heterocycles. The number of hydrogen-bond acceptors (Lipinski definition) is 2. The van der Waals surface area contributed by atoms with E-state index in [1.54, 1.807) is 24.3 Å². The Morgan fingerprint density at radius 1 is 1.33 bits per heavy atom. The van der Waals surface area contributed by atoms with E-state index in [4.69, 9.17) is 11.6 Å². The maximum Gasteiger partial charge on any atom is 0.238 e. The summed E-state index contributed by atoms with van der Waals surface area (Å²) in [5, 5.41) is 3.43. The molecule has 1 N–H and O–H groups in total. The van der Waals surface area contributed by atoms with Crippen LogP contribution >= 0.6 is 11.6 Å². The zero-order chi connectivity index (χ0) is 13.0. The van der Waals surface area contributed by atoms with Gasteiger partial charge in [-0.25, -0.2) is 4.39 Å². The molecule has 0 spiro atoms. The average molecular weight is 271 g/mol. The molecule has 0 saturated carbocycles. The summed E-state index contributed by atoms with van der Waals surface area (Å²) in [6.07, 6.45) is 0.336. The van der Waals surface area contributed by atoms with Gasteiger partial charge in [0.1, 0.15) is 6.17 Å². The third-order valence-corrected chi connectivity index (χ3v) is 3.26. The molecule has 1 fully saturated rings. The predicted molar refractivity (Wildman–Crippen MR) is 70.7 cm³/mol. The summed E-state index contributed by atoms with van der Waals surface area (Å²) in [5.74, 6) is -0.0744. The number of carbonyl (C=O) groups excluding carboxylic acids is 1. The standard InChI is InChI=1S/C13H16ClFN2O/c14-10-1-3-12(4-2-10)16-13(18)9-17-7-5-11(15)6-8-17/h1-4,11H,5-9H2,(H,16,18). The van der Waals surface area contributed by atoms with Crippen LogP contribution in [0, 0.1) is 0 Å². The van der Waals surface area contributed by atoms with Crippen molar-refractivity contribution < 1.29 is 9.18 Å². The Labute approximate surface area is 111 Å². The first-order chi connectivity index (χ1) is 8.63. The normalized spacial score (nSPS) is 17.7. The smallest absolute Gasteiger partial charge is 0.238 e. The van der Waals surface area contributed by atoms with Gasteiger partial charge in [-0.2, -0.15) is 0 Å². The summed E-state index contributed by atoms with van der Waals surface area (Å²) in [4.78, 5) is 13.7. The van der Waals surface area contributed by atoms with E-state index in [0.29, 0.717) is 37.5 Å². The van der Waals surface area contributed by atoms with Crippen LogP contribution in [0.25, 0.3) is 0 Å². The van der Waals surface area contributed by atoms with E-state index in [-0.39, 0.29) is 5.91 Å². The van der Waals surface area contributed by atoms with Gasteiger partial charge >= 0.3 is 0 Å². The van der Waals surface area contributed by atoms with Crippen molar-refractivity contribution in [2.45, 2.75) is 19.0 Å². The molecule has 1 aliphatic rings. The third-order valence-electron chi connectivity index (χ3n) is 3.01. The van der Waals surface area contributed by atoms with Crippen LogP contribution in [0.5, 0.6) is 0 Å². The van der Waals surface area contributed by atoms with E-state index in [1.165, 1.54) is 0 Å². The van der Waals surface area contributed by atoms with Crippen LogP contribution in [0.1, 0.15) is 12.8 Å². The molecule has 1 amide bonds. The molecule has 98 valence electrons. The lowest BCUT2D eigenvalue weighted by Gasteiger charge is -2.27. The van der Waals surface area contributed by atoms with Crippen LogP contribution in [0.15, 0.2) is 24.3 Å². The number of anilines is 1. The van der Waals surface area contributed by atoms with Crippen molar-refractivity contribution in [3.05, 3.63) is 29.3 Å². The highest BCUT2D eigenvalue weighted by atomic mass is 35.5. The van der Waals surface area contributed by atoms with E-state index >= 15 is 0 Å². The minimum Gasteiger partial charge on any atom is -0.325 e. The monoisotopic (exact) mass is 270 g/mol. The lowest BCUT2D eigenvalue weighted by atomic mass is 10.1. The molecular weight excluding hydrogens is 255 g/mol. The Morgan fingerprint density at radius 3 is 2.56 bits per heavy atom. The fourth-order valence-corrected chi connectivity index (χ4v) is 2.12. The fraction of sp³-hybridized carbons (Fsp3) is 0.462. The molecule has 0 aromatic heterocycles. The molecule has 1 aliphatic heterocycles. The second-order valence-electron chi connectivity index (χ2n) is 4.51. The largest absolute Gasteiger partial charge is 0.325 e. The van der Waals surface area contributed by atoms with Gasteiger partial charge in [-0.15, -0.1) is 0 Å². The summed E-state index contributed by atoms with van der Waals surface area (Å²) < 4.78 is 12.9. The molecule has 1 aromatic rings. The summed E-state index contributed by atoms with van der Waals surface area (Å²) in [5.41, 5.74) is 0.727. The number of nitrogens with zero attached hydrogens (tertiary/aromatic N) is 1. The molecule has 0 atom stereocenters. The quantitative estimate of drug-likeness (QED) is 0.916. The number of likely N-dealkylation sites (tertiary alicyclic amines) is 1. The van der Waals surface area contributed by atoms with Crippen molar-refractivity contribution in [2.75, 3.05) is 25.0 Å². The van der Waals surface area contributed by atoms with Crippen molar-refractivity contribution in [2.24, 2.45) is 0 Å². The third kappa shape index (κ3) is 3.96. The first-order valence-electron chi connectivity index (χ1n) is 6.05. The predicted octanol–water partition coefficient (Wildman–Crippen LogP) is 2.71. The molecular formula is C13H16ClFN2O. The summed E-state index contributed by atoms with van der Waals surface area (Å²) >= 11 is 5.76. The van der Waals surface area contributed by atoms with E-state index in [2.05, 4.69) is 5.32 Å². The maximum atomic E-state index is 12.9. The number of nitrogens with one attached hydrogen (secondary N) is 1. The summed E-state index contributed by atoms with van der Waals surface area (Å²) in [7, 11) is 0. The van der Waals surface area contributed by atoms with Gasteiger partial charge in [0.25, 0.3) is 0 Å². The highest BCUT2D eigenvalue weighted by Gasteiger charge is 2.19. The Hall–Kier alpha value is -1.13. The number of piperidine rings is 1. The Morgan fingerprint density at radius 2 is 1.94 bits per heavy atom. The van der Waals surface area contributed by atoms with Gasteiger partial charge < -0.3 is 5.32 Å². The zero-order valence-electron chi connectivity index (χ0n) is 10.0. The van der Waals surface area contributed by atoms with Crippen molar-refractivity contribution in [3.8, 4) is 0 Å². The number of rotatable bonds is 3. The SMILES string of the molecule is O=C(CN1CCC(F)CC1)Nc1ccc(Cl)cc1. The Kier molecular flexibility index (Phi) is 4.55. The van der Waals surface area contributed by atoms with Crippen molar-refractivity contribution in [3.63, 3.8) is 0 Å². The molecule has 1 saturated heterocycles. The van der Waals surface area contributed by atoms with Gasteiger partial charge in [-0.3, -0.25) is 9.69 Å². The first kappa shape index (κ1) is 13.3. The van der Waals surface area contributed by atoms with Crippen LogP contribution in [-0.2, 0) is 4.79 Å². The summed E-state index contributed by atoms with van der Waals surface area (Å²) in [6.45, 7) is 1.61. The molecule has 0 unspecified atom stereocenters. The molecule has 2 rings (SSSR count). The van der Waals surface area contributed by atoms with Gasteiger partial charge in [0.2, 0.25) is 5.91 Å². The second-order valence-corrected chi connectivity index (χ2v) is 4.94. The maximum absolute atomic E-state index is 12.9. The van der Waals surface area contributed by atoms with Crippen molar-refractivity contribution >= 4 is 23.2 Å². The Bertz CT molecular complexity index is 402. The topological polar surface area (TPSA) is 32.3 Å². The van der Waals surface area contributed by atoms with Crippen LogP contribution < -0.4 is 5.32 Å². The second kappa shape index (κ2) is 6.16. The molecule has 1 aromatic carbocycles.